The molecule has 5 rings (SSSR count). The second-order valence-corrected chi connectivity index (χ2v) is 9.84. The maximum Gasteiger partial charge on any atom is 0.547 e. The molecule has 12 heteroatoms. The lowest BCUT2D eigenvalue weighted by Crippen LogP contribution is -2.53. The number of nitrogens with one attached hydrogen (secondary N) is 3. The predicted octanol–water partition coefficient (Wildman–Crippen LogP) is 1.92. The number of aromatic carboxylic acids is 1. The fourth-order valence-corrected chi connectivity index (χ4v) is 5.43. The van der Waals surface area contributed by atoms with Gasteiger partial charge in [-0.1, -0.05) is 12.1 Å². The number of hydrogen-bond donors (Lipinski definition) is 5. The van der Waals surface area contributed by atoms with E-state index in [0.29, 0.717) is 37.5 Å². The van der Waals surface area contributed by atoms with Crippen LogP contribution in [0.5, 0.6) is 5.75 Å². The number of hydrogen-bond acceptors (Lipinski definition) is 7. The highest BCUT2D eigenvalue weighted by molar-refractivity contribution is 6.47. The molecule has 5 N–H and O–H groups in total. The molecular formula is C25H31BN6O5. The van der Waals surface area contributed by atoms with E-state index in [1.54, 1.807) is 24.5 Å². The number of H-pyrrole nitrogens is 2. The number of amides is 1. The van der Waals surface area contributed by atoms with Gasteiger partial charge in [0.25, 0.3) is 0 Å². The van der Waals surface area contributed by atoms with Crippen LogP contribution < -0.4 is 9.97 Å². The Kier molecular flexibility index (Phi) is 7.56. The van der Waals surface area contributed by atoms with Gasteiger partial charge in [0, 0.05) is 37.3 Å². The number of carboxylic acids is 1. The van der Waals surface area contributed by atoms with E-state index in [1.165, 1.54) is 6.07 Å². The van der Waals surface area contributed by atoms with Gasteiger partial charge < -0.3 is 30.1 Å². The number of aromatic nitrogens is 4. The molecule has 1 aliphatic carbocycles. The van der Waals surface area contributed by atoms with Crippen molar-refractivity contribution in [2.75, 3.05) is 0 Å². The number of carbonyl (C=O) groups excluding carboxylic acids is 1. The molecule has 2 aliphatic rings. The Morgan fingerprint density at radius 3 is 2.35 bits per heavy atom. The summed E-state index contributed by atoms with van der Waals surface area (Å²) in [7, 11) is -1.30. The summed E-state index contributed by atoms with van der Waals surface area (Å²) in [4.78, 5) is 41.8. The Morgan fingerprint density at radius 2 is 1.76 bits per heavy atom. The zero-order valence-corrected chi connectivity index (χ0v) is 20.5. The van der Waals surface area contributed by atoms with E-state index < -0.39 is 19.0 Å². The quantitative estimate of drug-likeness (QED) is 0.276. The Labute approximate surface area is 214 Å². The minimum atomic E-state index is -1.30. The third kappa shape index (κ3) is 6.03. The van der Waals surface area contributed by atoms with Crippen LogP contribution in [0.4, 0.5) is 0 Å². The summed E-state index contributed by atoms with van der Waals surface area (Å²) in [6, 6.07) is 5.20. The van der Waals surface area contributed by atoms with Crippen LogP contribution >= 0.6 is 0 Å². The monoisotopic (exact) mass is 506 g/mol. The van der Waals surface area contributed by atoms with Crippen LogP contribution in [0.1, 0.15) is 59.7 Å². The maximum absolute atomic E-state index is 12.8. The SMILES string of the molecule is O=C(C[C@H]1CC[C@H](N(Cc2ncc[nH]2)Cc2ncc[nH]2)CC1)N[C@H]1Cc2cccc(C(=O)O)c2OB1O. The third-order valence-corrected chi connectivity index (χ3v) is 7.32. The Balaban J connectivity index is 1.14. The predicted molar refractivity (Wildman–Crippen MR) is 134 cm³/mol. The lowest BCUT2D eigenvalue weighted by molar-refractivity contribution is -0.122. The summed E-state index contributed by atoms with van der Waals surface area (Å²) < 4.78 is 5.49. The van der Waals surface area contributed by atoms with Crippen LogP contribution in [0.2, 0.25) is 0 Å². The minimum Gasteiger partial charge on any atom is -0.534 e. The summed E-state index contributed by atoms with van der Waals surface area (Å²) in [6.07, 6.45) is 11.7. The Hall–Kier alpha value is -3.64. The molecule has 0 saturated heterocycles. The van der Waals surface area contributed by atoms with Gasteiger partial charge in [-0.25, -0.2) is 14.8 Å². The number of benzene rings is 1. The van der Waals surface area contributed by atoms with E-state index in [1.807, 2.05) is 12.4 Å². The van der Waals surface area contributed by atoms with Gasteiger partial charge in [0.15, 0.2) is 0 Å². The summed E-state index contributed by atoms with van der Waals surface area (Å²) in [5, 5.41) is 22.7. The largest absolute Gasteiger partial charge is 0.547 e. The van der Waals surface area contributed by atoms with Crippen LogP contribution in [-0.4, -0.2) is 65.9 Å². The van der Waals surface area contributed by atoms with Crippen molar-refractivity contribution in [3.05, 3.63) is 65.8 Å². The first-order chi connectivity index (χ1) is 18.0. The average Bonchev–Trinajstić information content (AvgIpc) is 3.59. The first-order valence-electron chi connectivity index (χ1n) is 12.7. The molecule has 194 valence electrons. The van der Waals surface area contributed by atoms with E-state index in [9.17, 15) is 19.7 Å². The van der Waals surface area contributed by atoms with Crippen molar-refractivity contribution in [1.29, 1.82) is 0 Å². The van der Waals surface area contributed by atoms with Crippen LogP contribution in [-0.2, 0) is 24.3 Å². The second-order valence-electron chi connectivity index (χ2n) is 9.84. The first kappa shape index (κ1) is 25.0. The molecule has 1 atom stereocenters. The summed E-state index contributed by atoms with van der Waals surface area (Å²) >= 11 is 0. The van der Waals surface area contributed by atoms with Crippen molar-refractivity contribution >= 4 is 19.0 Å². The highest BCUT2D eigenvalue weighted by atomic mass is 16.5. The molecule has 1 aromatic carbocycles. The zero-order chi connectivity index (χ0) is 25.8. The Bertz CT molecular complexity index is 1160. The van der Waals surface area contributed by atoms with Gasteiger partial charge in [0.2, 0.25) is 5.91 Å². The van der Waals surface area contributed by atoms with E-state index in [4.69, 9.17) is 4.65 Å². The number of fused-ring (bicyclic) bond motifs is 1. The molecule has 1 amide bonds. The van der Waals surface area contributed by atoms with Gasteiger partial charge >= 0.3 is 13.1 Å². The zero-order valence-electron chi connectivity index (χ0n) is 20.5. The minimum absolute atomic E-state index is 0.00576. The van der Waals surface area contributed by atoms with Gasteiger partial charge in [0.05, 0.1) is 24.6 Å². The fraction of sp³-hybridized carbons (Fsp3) is 0.440. The summed E-state index contributed by atoms with van der Waals surface area (Å²) in [5.41, 5.74) is 0.662. The topological polar surface area (TPSA) is 156 Å². The van der Waals surface area contributed by atoms with E-state index >= 15 is 0 Å². The summed E-state index contributed by atoms with van der Waals surface area (Å²) in [6.45, 7) is 1.41. The molecule has 37 heavy (non-hydrogen) atoms. The molecule has 1 saturated carbocycles. The number of carbonyl (C=O) groups is 2. The molecule has 0 bridgehead atoms. The van der Waals surface area contributed by atoms with E-state index in [0.717, 1.165) is 37.3 Å². The van der Waals surface area contributed by atoms with Crippen molar-refractivity contribution in [2.45, 2.75) is 63.6 Å². The standard InChI is InChI=1S/C25H31BN6O5/c33-23(31-20-13-17-2-1-3-19(25(34)35)24(17)37-26(20)36)12-16-4-6-18(7-5-16)32(14-21-27-8-9-28-21)15-22-29-10-11-30-22/h1-3,8-11,16,18,20,36H,4-7,12-15H2,(H,27,28)(H,29,30)(H,31,33)(H,34,35)/t16-,18-,20-/m0/s1. The van der Waals surface area contributed by atoms with Gasteiger partial charge in [0.1, 0.15) is 17.4 Å². The van der Waals surface area contributed by atoms with Crippen molar-refractivity contribution in [3.63, 3.8) is 0 Å². The van der Waals surface area contributed by atoms with Gasteiger partial charge in [-0.2, -0.15) is 0 Å². The average molecular weight is 506 g/mol. The highest BCUT2D eigenvalue weighted by Crippen LogP contribution is 2.32. The number of carboxylic acid groups (broad SMARTS) is 1. The smallest absolute Gasteiger partial charge is 0.534 e. The molecule has 0 radical (unpaired) electrons. The second kappa shape index (κ2) is 11.2. The van der Waals surface area contributed by atoms with E-state index in [2.05, 4.69) is 30.2 Å². The number of imidazole rings is 2. The van der Waals surface area contributed by atoms with Crippen LogP contribution in [0, 0.1) is 5.92 Å². The number of rotatable bonds is 9. The van der Waals surface area contributed by atoms with Crippen LogP contribution in [0.15, 0.2) is 43.0 Å². The molecule has 0 spiro atoms. The molecule has 0 unspecified atom stereocenters. The molecule has 3 aromatic rings. The van der Waals surface area contributed by atoms with Crippen LogP contribution in [0.25, 0.3) is 0 Å². The van der Waals surface area contributed by atoms with Gasteiger partial charge in [-0.3, -0.25) is 9.69 Å². The lowest BCUT2D eigenvalue weighted by atomic mass is 9.72. The first-order valence-corrected chi connectivity index (χ1v) is 12.7. The maximum atomic E-state index is 12.8. The van der Waals surface area contributed by atoms with Crippen molar-refractivity contribution < 1.29 is 24.4 Å². The normalized spacial score (nSPS) is 21.4. The molecule has 1 aliphatic heterocycles. The fourth-order valence-electron chi connectivity index (χ4n) is 5.43. The number of para-hydroxylation sites is 1. The van der Waals surface area contributed by atoms with Crippen molar-refractivity contribution in [3.8, 4) is 5.75 Å². The van der Waals surface area contributed by atoms with Crippen LogP contribution in [0.3, 0.4) is 0 Å². The third-order valence-electron chi connectivity index (χ3n) is 7.32. The molecule has 11 nitrogen and oxygen atoms in total. The molecular weight excluding hydrogens is 475 g/mol. The number of nitrogens with zero attached hydrogens (tertiary/aromatic N) is 3. The van der Waals surface area contributed by atoms with Crippen molar-refractivity contribution in [1.82, 2.24) is 30.2 Å². The molecule has 1 fully saturated rings. The molecule has 2 aromatic heterocycles. The van der Waals surface area contributed by atoms with Gasteiger partial charge in [-0.15, -0.1) is 0 Å². The summed E-state index contributed by atoms with van der Waals surface area (Å²) in [5.74, 6) is 0.387. The highest BCUT2D eigenvalue weighted by Gasteiger charge is 2.38. The number of aromatic amines is 2. The van der Waals surface area contributed by atoms with Crippen molar-refractivity contribution in [2.24, 2.45) is 5.92 Å². The molecule has 3 heterocycles. The van der Waals surface area contributed by atoms with E-state index in [-0.39, 0.29) is 23.1 Å². The van der Waals surface area contributed by atoms with Gasteiger partial charge in [-0.05, 0) is 49.7 Å². The Morgan fingerprint density at radius 1 is 1.08 bits per heavy atom. The lowest BCUT2D eigenvalue weighted by Gasteiger charge is -2.36.